The summed E-state index contributed by atoms with van der Waals surface area (Å²) in [5.41, 5.74) is 0. The van der Waals surface area contributed by atoms with Gasteiger partial charge in [0.25, 0.3) is 0 Å². The molecule has 1 saturated carbocycles. The Morgan fingerprint density at radius 3 is 2.80 bits per heavy atom. The largest absolute Gasteiger partial charge is 0.407 e. The van der Waals surface area contributed by atoms with E-state index in [1.165, 1.54) is 32.1 Å². The molecule has 5 nitrogen and oxygen atoms in total. The minimum atomic E-state index is 0.434. The smallest absolute Gasteiger partial charge is 0.318 e. The van der Waals surface area contributed by atoms with Gasteiger partial charge in [-0.2, -0.15) is 0 Å². The Balaban J connectivity index is 1.59. The summed E-state index contributed by atoms with van der Waals surface area (Å²) in [4.78, 5) is 2.29. The molecule has 2 atom stereocenters. The molecule has 1 aromatic heterocycles. The lowest BCUT2D eigenvalue weighted by Crippen LogP contribution is -2.42. The number of nitrogens with zero attached hydrogens (tertiary/aromatic N) is 3. The van der Waals surface area contributed by atoms with Gasteiger partial charge in [-0.15, -0.1) is 5.10 Å². The fraction of sp³-hybridized carbons (Fsp3) is 0.867. The van der Waals surface area contributed by atoms with Crippen molar-refractivity contribution in [1.82, 2.24) is 15.5 Å². The molecule has 1 aliphatic carbocycles. The van der Waals surface area contributed by atoms with E-state index in [4.69, 9.17) is 4.42 Å². The Kier molecular flexibility index (Phi) is 4.24. The molecule has 2 unspecified atom stereocenters. The van der Waals surface area contributed by atoms with Gasteiger partial charge in [0.1, 0.15) is 0 Å². The predicted octanol–water partition coefficient (Wildman–Crippen LogP) is 2.58. The standard InChI is InChI=1S/C15H26N4O/c1-11(2)16-9-14-17-18-15(20-14)19-8-7-12-5-3-4-6-13(12)10-19/h11-13,16H,3-10H2,1-2H3. The van der Waals surface area contributed by atoms with Crippen LogP contribution in [0.15, 0.2) is 4.42 Å². The summed E-state index contributed by atoms with van der Waals surface area (Å²) in [6.07, 6.45) is 6.89. The monoisotopic (exact) mass is 278 g/mol. The second-order valence-corrected chi connectivity index (χ2v) is 6.55. The molecule has 0 amide bonds. The number of hydrogen-bond donors (Lipinski definition) is 1. The Morgan fingerprint density at radius 1 is 1.20 bits per heavy atom. The average molecular weight is 278 g/mol. The summed E-state index contributed by atoms with van der Waals surface area (Å²) in [6, 6.07) is 1.15. The summed E-state index contributed by atoms with van der Waals surface area (Å²) < 4.78 is 5.79. The Hall–Kier alpha value is -1.10. The molecule has 20 heavy (non-hydrogen) atoms. The lowest BCUT2D eigenvalue weighted by atomic mass is 9.75. The first-order valence-electron chi connectivity index (χ1n) is 8.03. The summed E-state index contributed by atoms with van der Waals surface area (Å²) in [5, 5.41) is 11.7. The number of aromatic nitrogens is 2. The van der Waals surface area contributed by atoms with Gasteiger partial charge in [-0.05, 0) is 24.7 Å². The van der Waals surface area contributed by atoms with Gasteiger partial charge in [0.2, 0.25) is 5.89 Å². The van der Waals surface area contributed by atoms with E-state index in [2.05, 4.69) is 34.3 Å². The summed E-state index contributed by atoms with van der Waals surface area (Å²) >= 11 is 0. The third-order valence-corrected chi connectivity index (χ3v) is 4.68. The molecule has 2 heterocycles. The second kappa shape index (κ2) is 6.12. The van der Waals surface area contributed by atoms with Crippen LogP contribution in [0.1, 0.15) is 51.8 Å². The van der Waals surface area contributed by atoms with Crippen molar-refractivity contribution in [3.63, 3.8) is 0 Å². The minimum absolute atomic E-state index is 0.434. The van der Waals surface area contributed by atoms with Crippen LogP contribution < -0.4 is 10.2 Å². The third-order valence-electron chi connectivity index (χ3n) is 4.68. The zero-order valence-corrected chi connectivity index (χ0v) is 12.6. The van der Waals surface area contributed by atoms with Crippen LogP contribution in [-0.4, -0.2) is 29.3 Å². The molecule has 2 fully saturated rings. The first kappa shape index (κ1) is 13.9. The third kappa shape index (κ3) is 3.14. The number of hydrogen-bond acceptors (Lipinski definition) is 5. The van der Waals surface area contributed by atoms with Gasteiger partial charge in [-0.25, -0.2) is 0 Å². The Bertz CT molecular complexity index is 431. The highest BCUT2D eigenvalue weighted by Crippen LogP contribution is 2.37. The Morgan fingerprint density at radius 2 is 2.00 bits per heavy atom. The van der Waals surface area contributed by atoms with Gasteiger partial charge in [0.15, 0.2) is 0 Å². The van der Waals surface area contributed by atoms with E-state index in [0.29, 0.717) is 18.5 Å². The van der Waals surface area contributed by atoms with E-state index in [-0.39, 0.29) is 0 Å². The number of rotatable bonds is 4. The van der Waals surface area contributed by atoms with Gasteiger partial charge in [-0.1, -0.05) is 38.2 Å². The maximum absolute atomic E-state index is 5.79. The van der Waals surface area contributed by atoms with Crippen molar-refractivity contribution >= 4 is 6.01 Å². The van der Waals surface area contributed by atoms with Crippen molar-refractivity contribution in [1.29, 1.82) is 0 Å². The molecule has 112 valence electrons. The number of fused-ring (bicyclic) bond motifs is 1. The maximum atomic E-state index is 5.79. The van der Waals surface area contributed by atoms with Crippen molar-refractivity contribution in [3.8, 4) is 0 Å². The average Bonchev–Trinajstić information content (AvgIpc) is 2.93. The molecule has 0 radical (unpaired) electrons. The van der Waals surface area contributed by atoms with Gasteiger partial charge in [0.05, 0.1) is 6.54 Å². The minimum Gasteiger partial charge on any atom is -0.407 e. The van der Waals surface area contributed by atoms with Gasteiger partial charge >= 0.3 is 6.01 Å². The maximum Gasteiger partial charge on any atom is 0.318 e. The zero-order valence-electron chi connectivity index (χ0n) is 12.6. The van der Waals surface area contributed by atoms with Crippen molar-refractivity contribution in [2.45, 2.75) is 58.5 Å². The molecular formula is C15H26N4O. The molecule has 2 aliphatic rings. The van der Waals surface area contributed by atoms with E-state index in [0.717, 1.165) is 30.9 Å². The van der Waals surface area contributed by atoms with Crippen LogP contribution in [0, 0.1) is 11.8 Å². The van der Waals surface area contributed by atoms with E-state index in [1.54, 1.807) is 0 Å². The fourth-order valence-corrected chi connectivity index (χ4v) is 3.51. The van der Waals surface area contributed by atoms with Crippen LogP contribution in [0.3, 0.4) is 0 Å². The lowest BCUT2D eigenvalue weighted by Gasteiger charge is -2.40. The number of piperidine rings is 1. The molecule has 1 saturated heterocycles. The van der Waals surface area contributed by atoms with E-state index < -0.39 is 0 Å². The normalized spacial score (nSPS) is 26.9. The topological polar surface area (TPSA) is 54.2 Å². The van der Waals surface area contributed by atoms with Crippen LogP contribution in [0.4, 0.5) is 6.01 Å². The fourth-order valence-electron chi connectivity index (χ4n) is 3.51. The quantitative estimate of drug-likeness (QED) is 0.917. The van der Waals surface area contributed by atoms with Crippen molar-refractivity contribution < 1.29 is 4.42 Å². The van der Waals surface area contributed by atoms with Gasteiger partial charge in [-0.3, -0.25) is 0 Å². The van der Waals surface area contributed by atoms with Crippen LogP contribution in [0.2, 0.25) is 0 Å². The molecule has 1 aliphatic heterocycles. The van der Waals surface area contributed by atoms with E-state index >= 15 is 0 Å². The second-order valence-electron chi connectivity index (χ2n) is 6.55. The van der Waals surface area contributed by atoms with Crippen LogP contribution in [0.5, 0.6) is 0 Å². The van der Waals surface area contributed by atoms with Crippen LogP contribution in [-0.2, 0) is 6.54 Å². The van der Waals surface area contributed by atoms with Crippen molar-refractivity contribution in [2.24, 2.45) is 11.8 Å². The van der Waals surface area contributed by atoms with E-state index in [9.17, 15) is 0 Å². The number of nitrogens with one attached hydrogen (secondary N) is 1. The molecule has 1 N–H and O–H groups in total. The van der Waals surface area contributed by atoms with Gasteiger partial charge in [0, 0.05) is 19.1 Å². The molecule has 3 rings (SSSR count). The first-order chi connectivity index (χ1) is 9.72. The molecule has 0 bridgehead atoms. The number of anilines is 1. The van der Waals surface area contributed by atoms with E-state index in [1.807, 2.05) is 0 Å². The van der Waals surface area contributed by atoms with Crippen molar-refractivity contribution in [3.05, 3.63) is 5.89 Å². The summed E-state index contributed by atoms with van der Waals surface area (Å²) in [6.45, 7) is 7.06. The molecule has 0 spiro atoms. The molecular weight excluding hydrogens is 252 g/mol. The Labute approximate surface area is 121 Å². The predicted molar refractivity (Wildman–Crippen MR) is 78.6 cm³/mol. The highest BCUT2D eigenvalue weighted by Gasteiger charge is 2.32. The first-order valence-corrected chi connectivity index (χ1v) is 8.03. The van der Waals surface area contributed by atoms with Crippen molar-refractivity contribution in [2.75, 3.05) is 18.0 Å². The SMILES string of the molecule is CC(C)NCc1nnc(N2CCC3CCCCC3C2)o1. The summed E-state index contributed by atoms with van der Waals surface area (Å²) in [7, 11) is 0. The summed E-state index contributed by atoms with van der Waals surface area (Å²) in [5.74, 6) is 2.46. The molecule has 5 heteroatoms. The zero-order chi connectivity index (χ0) is 13.9. The highest BCUT2D eigenvalue weighted by atomic mass is 16.4. The molecule has 1 aromatic rings. The highest BCUT2D eigenvalue weighted by molar-refractivity contribution is 5.25. The van der Waals surface area contributed by atoms with Crippen LogP contribution >= 0.6 is 0 Å². The van der Waals surface area contributed by atoms with Gasteiger partial charge < -0.3 is 14.6 Å². The lowest BCUT2D eigenvalue weighted by molar-refractivity contribution is 0.198. The molecule has 0 aromatic carbocycles. The van der Waals surface area contributed by atoms with Crippen LogP contribution in [0.25, 0.3) is 0 Å².